The molecule has 1 fully saturated rings. The van der Waals surface area contributed by atoms with Crippen LogP contribution in [0.4, 0.5) is 0 Å². The van der Waals surface area contributed by atoms with Gasteiger partial charge < -0.3 is 15.6 Å². The zero-order valence-electron chi connectivity index (χ0n) is 12.5. The number of hydrogen-bond donors (Lipinski definition) is 3. The van der Waals surface area contributed by atoms with E-state index in [9.17, 15) is 4.79 Å². The summed E-state index contributed by atoms with van der Waals surface area (Å²) in [5, 5.41) is 3.53. The molecule has 0 radical (unpaired) electrons. The number of aromatic nitrogens is 1. The molecule has 4 N–H and O–H groups in total. The number of carbonyl (C=O) groups excluding carboxylic acids is 1. The molecule has 0 saturated carbocycles. The van der Waals surface area contributed by atoms with Gasteiger partial charge in [0.25, 0.3) is 5.91 Å². The first-order valence-electron chi connectivity index (χ1n) is 7.64. The molecule has 3 rings (SSSR count). The lowest BCUT2D eigenvalue weighted by molar-refractivity contribution is 0.0978. The lowest BCUT2D eigenvalue weighted by atomic mass is 10.1. The Balaban J connectivity index is 1.58. The van der Waals surface area contributed by atoms with Crippen LogP contribution in [-0.4, -0.2) is 47.9 Å². The molecule has 1 amide bonds. The fourth-order valence-electron chi connectivity index (χ4n) is 2.80. The van der Waals surface area contributed by atoms with E-state index in [-0.39, 0.29) is 11.9 Å². The van der Waals surface area contributed by atoms with Crippen molar-refractivity contribution in [3.63, 3.8) is 0 Å². The Hall–Kier alpha value is -2.34. The van der Waals surface area contributed by atoms with Crippen molar-refractivity contribution in [3.8, 4) is 0 Å². The third-order valence-electron chi connectivity index (χ3n) is 3.97. The van der Waals surface area contributed by atoms with Gasteiger partial charge >= 0.3 is 0 Å². The van der Waals surface area contributed by atoms with Crippen molar-refractivity contribution in [1.82, 2.24) is 15.2 Å². The number of likely N-dealkylation sites (tertiary alicyclic amines) is 1. The van der Waals surface area contributed by atoms with E-state index in [1.807, 2.05) is 24.3 Å². The minimum Gasteiger partial charge on any atom is -0.370 e. The van der Waals surface area contributed by atoms with Crippen LogP contribution in [0.2, 0.25) is 0 Å². The quantitative estimate of drug-likeness (QED) is 0.587. The minimum absolute atomic E-state index is 0.175. The summed E-state index contributed by atoms with van der Waals surface area (Å²) in [4.78, 5) is 21.9. The molecule has 116 valence electrons. The van der Waals surface area contributed by atoms with Gasteiger partial charge in [-0.25, -0.2) is 0 Å². The molecule has 0 unspecified atom stereocenters. The van der Waals surface area contributed by atoms with Crippen LogP contribution in [0.25, 0.3) is 10.9 Å². The highest BCUT2D eigenvalue weighted by atomic mass is 16.1. The fraction of sp³-hybridized carbons (Fsp3) is 0.375. The number of nitrogens with zero attached hydrogens (tertiary/aromatic N) is 2. The third-order valence-corrected chi connectivity index (χ3v) is 3.97. The number of carbonyl (C=O) groups is 1. The Kier molecular flexibility index (Phi) is 4.39. The Labute approximate surface area is 129 Å². The van der Waals surface area contributed by atoms with Crippen LogP contribution < -0.4 is 11.1 Å². The summed E-state index contributed by atoms with van der Waals surface area (Å²) in [5.41, 5.74) is 7.30. The average molecular weight is 299 g/mol. The lowest BCUT2D eigenvalue weighted by Crippen LogP contribution is -2.37. The van der Waals surface area contributed by atoms with Gasteiger partial charge in [0.1, 0.15) is 0 Å². The molecule has 1 aromatic heterocycles. The lowest BCUT2D eigenvalue weighted by Gasteiger charge is -2.12. The maximum Gasteiger partial charge on any atom is 0.260 e. The van der Waals surface area contributed by atoms with Crippen molar-refractivity contribution in [2.45, 2.75) is 12.8 Å². The standard InChI is InChI=1S/C16H21N5O/c17-16(18-7-10-21-8-3-4-9-21)20-15(22)13-11-19-14-6-2-1-5-12(13)14/h1-2,5-6,11,19H,3-4,7-10H2,(H3,17,18,20,22). The van der Waals surface area contributed by atoms with Crippen LogP contribution in [0.5, 0.6) is 0 Å². The molecule has 0 atom stereocenters. The number of benzene rings is 1. The number of guanidine groups is 1. The van der Waals surface area contributed by atoms with Gasteiger partial charge in [0.2, 0.25) is 0 Å². The van der Waals surface area contributed by atoms with Gasteiger partial charge in [0.15, 0.2) is 5.96 Å². The summed E-state index contributed by atoms with van der Waals surface area (Å²) < 4.78 is 0. The number of aliphatic imine (C=N–C) groups is 1. The number of H-pyrrole nitrogens is 1. The first kappa shape index (κ1) is 14.6. The molecule has 0 aliphatic carbocycles. The third kappa shape index (κ3) is 3.28. The number of aromatic amines is 1. The van der Waals surface area contributed by atoms with Gasteiger partial charge in [-0.15, -0.1) is 0 Å². The first-order valence-corrected chi connectivity index (χ1v) is 7.64. The Morgan fingerprint density at radius 2 is 2.09 bits per heavy atom. The highest BCUT2D eigenvalue weighted by molar-refractivity contribution is 6.12. The number of hydrogen-bond acceptors (Lipinski definition) is 3. The molecule has 2 heterocycles. The molecule has 22 heavy (non-hydrogen) atoms. The Morgan fingerprint density at radius 3 is 2.91 bits per heavy atom. The molecule has 1 saturated heterocycles. The molecular weight excluding hydrogens is 278 g/mol. The minimum atomic E-state index is -0.236. The summed E-state index contributed by atoms with van der Waals surface area (Å²) in [6, 6.07) is 7.66. The molecule has 1 aliphatic heterocycles. The summed E-state index contributed by atoms with van der Waals surface area (Å²) in [6.45, 7) is 3.78. The van der Waals surface area contributed by atoms with Gasteiger partial charge in [-0.3, -0.25) is 15.1 Å². The van der Waals surface area contributed by atoms with Crippen LogP contribution >= 0.6 is 0 Å². The van der Waals surface area contributed by atoms with E-state index in [2.05, 4.69) is 20.2 Å². The van der Waals surface area contributed by atoms with Crippen molar-refractivity contribution in [2.24, 2.45) is 10.7 Å². The normalized spacial score (nSPS) is 16.3. The van der Waals surface area contributed by atoms with E-state index in [4.69, 9.17) is 5.73 Å². The molecule has 1 aliphatic rings. The van der Waals surface area contributed by atoms with Crippen molar-refractivity contribution in [2.75, 3.05) is 26.2 Å². The SMILES string of the molecule is NC(=NCCN1CCCC1)NC(=O)c1c[nH]c2ccccc12. The molecule has 6 heteroatoms. The predicted octanol–water partition coefficient (Wildman–Crippen LogP) is 1.31. The summed E-state index contributed by atoms with van der Waals surface area (Å²) >= 11 is 0. The van der Waals surface area contributed by atoms with E-state index in [0.29, 0.717) is 12.1 Å². The molecule has 1 aromatic carbocycles. The second-order valence-corrected chi connectivity index (χ2v) is 5.52. The summed E-state index contributed by atoms with van der Waals surface area (Å²) in [7, 11) is 0. The number of fused-ring (bicyclic) bond motifs is 1. The number of nitrogens with one attached hydrogen (secondary N) is 2. The molecule has 0 bridgehead atoms. The largest absolute Gasteiger partial charge is 0.370 e. The van der Waals surface area contributed by atoms with Gasteiger partial charge in [-0.2, -0.15) is 0 Å². The maximum absolute atomic E-state index is 12.2. The molecular formula is C16H21N5O. The van der Waals surface area contributed by atoms with Crippen LogP contribution in [0.3, 0.4) is 0 Å². The second-order valence-electron chi connectivity index (χ2n) is 5.52. The van der Waals surface area contributed by atoms with Crippen molar-refractivity contribution >= 4 is 22.8 Å². The molecule has 0 spiro atoms. The zero-order valence-corrected chi connectivity index (χ0v) is 12.5. The second kappa shape index (κ2) is 6.62. The van der Waals surface area contributed by atoms with Gasteiger partial charge in [-0.05, 0) is 32.0 Å². The highest BCUT2D eigenvalue weighted by Crippen LogP contribution is 2.17. The number of amides is 1. The topological polar surface area (TPSA) is 86.5 Å². The smallest absolute Gasteiger partial charge is 0.260 e. The molecule has 6 nitrogen and oxygen atoms in total. The van der Waals surface area contributed by atoms with E-state index < -0.39 is 0 Å². The van der Waals surface area contributed by atoms with Crippen molar-refractivity contribution in [3.05, 3.63) is 36.0 Å². The number of nitrogens with two attached hydrogens (primary N) is 1. The Morgan fingerprint density at radius 1 is 1.32 bits per heavy atom. The monoisotopic (exact) mass is 299 g/mol. The summed E-state index contributed by atoms with van der Waals surface area (Å²) in [6.07, 6.45) is 4.21. The highest BCUT2D eigenvalue weighted by Gasteiger charge is 2.13. The zero-order chi connectivity index (χ0) is 15.4. The van der Waals surface area contributed by atoms with Crippen LogP contribution in [0.15, 0.2) is 35.5 Å². The average Bonchev–Trinajstić information content (AvgIpc) is 3.16. The molecule has 2 aromatic rings. The Bertz CT molecular complexity index is 685. The van der Waals surface area contributed by atoms with Crippen LogP contribution in [0.1, 0.15) is 23.2 Å². The van der Waals surface area contributed by atoms with Crippen LogP contribution in [-0.2, 0) is 0 Å². The van der Waals surface area contributed by atoms with Gasteiger partial charge in [0.05, 0.1) is 12.1 Å². The van der Waals surface area contributed by atoms with Crippen molar-refractivity contribution < 1.29 is 4.79 Å². The maximum atomic E-state index is 12.2. The van der Waals surface area contributed by atoms with E-state index >= 15 is 0 Å². The van der Waals surface area contributed by atoms with E-state index in [1.165, 1.54) is 12.8 Å². The predicted molar refractivity (Wildman–Crippen MR) is 87.9 cm³/mol. The van der Waals surface area contributed by atoms with Crippen LogP contribution in [0, 0.1) is 0 Å². The number of para-hydroxylation sites is 1. The fourth-order valence-corrected chi connectivity index (χ4v) is 2.80. The van der Waals surface area contributed by atoms with Crippen molar-refractivity contribution in [1.29, 1.82) is 0 Å². The van der Waals surface area contributed by atoms with Gasteiger partial charge in [-0.1, -0.05) is 18.2 Å². The van der Waals surface area contributed by atoms with E-state index in [0.717, 1.165) is 30.5 Å². The number of rotatable bonds is 4. The summed E-state index contributed by atoms with van der Waals surface area (Å²) in [5.74, 6) is -0.0608. The van der Waals surface area contributed by atoms with Gasteiger partial charge in [0, 0.05) is 23.6 Å². The van der Waals surface area contributed by atoms with E-state index in [1.54, 1.807) is 6.20 Å². The first-order chi connectivity index (χ1) is 10.7.